The van der Waals surface area contributed by atoms with Crippen molar-refractivity contribution < 1.29 is 0 Å². The molecule has 2 aromatic rings. The van der Waals surface area contributed by atoms with Gasteiger partial charge < -0.3 is 5.32 Å². The van der Waals surface area contributed by atoms with Gasteiger partial charge in [0.05, 0.1) is 0 Å². The summed E-state index contributed by atoms with van der Waals surface area (Å²) in [7, 11) is 0. The lowest BCUT2D eigenvalue weighted by molar-refractivity contribution is 1.15. The Morgan fingerprint density at radius 1 is 0.750 bits per heavy atom. The molecule has 82 valence electrons. The van der Waals surface area contributed by atoms with Crippen LogP contribution in [-0.4, -0.2) is 0 Å². The molecule has 3 heteroatoms. The molecule has 0 aliphatic heterocycles. The van der Waals surface area contributed by atoms with E-state index in [0.717, 1.165) is 6.54 Å². The number of hydrogen-bond acceptors (Lipinski definition) is 1. The highest BCUT2D eigenvalue weighted by Gasteiger charge is 1.94. The topological polar surface area (TPSA) is 12.0 Å². The number of benzene rings is 2. The predicted octanol–water partition coefficient (Wildman–Crippen LogP) is 4.51. The average Bonchev–Trinajstić information content (AvgIpc) is 2.30. The molecule has 0 saturated heterocycles. The van der Waals surface area contributed by atoms with E-state index in [9.17, 15) is 0 Å². The monoisotopic (exact) mass is 435 g/mol. The van der Waals surface area contributed by atoms with E-state index < -0.39 is 0 Å². The highest BCUT2D eigenvalue weighted by atomic mass is 127. The van der Waals surface area contributed by atoms with E-state index in [0.29, 0.717) is 0 Å². The molecule has 0 saturated carbocycles. The molecule has 0 amide bonds. The van der Waals surface area contributed by atoms with E-state index in [1.165, 1.54) is 18.4 Å². The van der Waals surface area contributed by atoms with Crippen LogP contribution in [0.3, 0.4) is 0 Å². The molecule has 2 rings (SSSR count). The summed E-state index contributed by atoms with van der Waals surface area (Å²) in [6.45, 7) is 0.873. The molecule has 1 N–H and O–H groups in total. The second-order valence-corrected chi connectivity index (χ2v) is 5.98. The Hall–Kier alpha value is -0.300. The van der Waals surface area contributed by atoms with Crippen LogP contribution in [0, 0.1) is 7.14 Å². The Morgan fingerprint density at radius 2 is 1.25 bits per heavy atom. The average molecular weight is 435 g/mol. The van der Waals surface area contributed by atoms with Crippen molar-refractivity contribution in [2.45, 2.75) is 6.54 Å². The Bertz CT molecular complexity index is 403. The summed E-state index contributed by atoms with van der Waals surface area (Å²) in [5.74, 6) is 0. The predicted molar refractivity (Wildman–Crippen MR) is 85.6 cm³/mol. The highest BCUT2D eigenvalue weighted by molar-refractivity contribution is 14.1. The van der Waals surface area contributed by atoms with Crippen molar-refractivity contribution in [2.24, 2.45) is 0 Å². The maximum absolute atomic E-state index is 3.40. The van der Waals surface area contributed by atoms with Crippen molar-refractivity contribution >= 4 is 50.9 Å². The van der Waals surface area contributed by atoms with E-state index in [-0.39, 0.29) is 0 Å². The molecular formula is C13H11I2N. The smallest absolute Gasteiger partial charge is 0.0400 e. The number of anilines is 1. The standard InChI is InChI=1S/C13H11I2N/c14-11-3-1-10(2-4-11)9-16-13-7-5-12(15)6-8-13/h1-8,16H,9H2. The van der Waals surface area contributed by atoms with E-state index in [2.05, 4.69) is 99.0 Å². The molecule has 0 aliphatic rings. The van der Waals surface area contributed by atoms with Gasteiger partial charge in [-0.1, -0.05) is 12.1 Å². The summed E-state index contributed by atoms with van der Waals surface area (Å²) in [6, 6.07) is 17.0. The second-order valence-electron chi connectivity index (χ2n) is 3.49. The zero-order chi connectivity index (χ0) is 11.4. The second kappa shape index (κ2) is 5.86. The van der Waals surface area contributed by atoms with Crippen molar-refractivity contribution in [3.63, 3.8) is 0 Å². The molecule has 2 aromatic carbocycles. The molecule has 0 bridgehead atoms. The Kier molecular flexibility index (Phi) is 4.45. The van der Waals surface area contributed by atoms with Crippen molar-refractivity contribution in [1.29, 1.82) is 0 Å². The molecule has 0 spiro atoms. The number of nitrogens with one attached hydrogen (secondary N) is 1. The molecule has 0 atom stereocenters. The van der Waals surface area contributed by atoms with Crippen LogP contribution in [0.4, 0.5) is 5.69 Å². The van der Waals surface area contributed by atoms with Crippen molar-refractivity contribution in [3.8, 4) is 0 Å². The number of hydrogen-bond donors (Lipinski definition) is 1. The van der Waals surface area contributed by atoms with E-state index in [1.54, 1.807) is 0 Å². The quantitative estimate of drug-likeness (QED) is 0.701. The molecule has 0 fully saturated rings. The fourth-order valence-electron chi connectivity index (χ4n) is 1.37. The first-order valence-electron chi connectivity index (χ1n) is 4.98. The van der Waals surface area contributed by atoms with Crippen molar-refractivity contribution in [2.75, 3.05) is 5.32 Å². The molecule has 16 heavy (non-hydrogen) atoms. The first-order chi connectivity index (χ1) is 7.74. The van der Waals surface area contributed by atoms with Gasteiger partial charge in [0.15, 0.2) is 0 Å². The zero-order valence-corrected chi connectivity index (χ0v) is 12.9. The third kappa shape index (κ3) is 3.62. The highest BCUT2D eigenvalue weighted by Crippen LogP contribution is 2.13. The van der Waals surface area contributed by atoms with Gasteiger partial charge in [0.25, 0.3) is 0 Å². The fraction of sp³-hybridized carbons (Fsp3) is 0.0769. The molecule has 0 unspecified atom stereocenters. The third-order valence-electron chi connectivity index (χ3n) is 2.25. The minimum absolute atomic E-state index is 0.873. The van der Waals surface area contributed by atoms with Gasteiger partial charge >= 0.3 is 0 Å². The SMILES string of the molecule is Ic1ccc(CNc2ccc(I)cc2)cc1. The van der Waals surface area contributed by atoms with Gasteiger partial charge in [0.1, 0.15) is 0 Å². The van der Waals surface area contributed by atoms with Gasteiger partial charge in [-0.2, -0.15) is 0 Å². The first kappa shape index (κ1) is 12.2. The summed E-state index contributed by atoms with van der Waals surface area (Å²) in [5, 5.41) is 3.40. The van der Waals surface area contributed by atoms with Crippen LogP contribution in [0.25, 0.3) is 0 Å². The molecule has 0 aliphatic carbocycles. The van der Waals surface area contributed by atoms with Gasteiger partial charge in [0.2, 0.25) is 0 Å². The Morgan fingerprint density at radius 3 is 1.81 bits per heavy atom. The summed E-state index contributed by atoms with van der Waals surface area (Å²) < 4.78 is 2.54. The molecule has 0 heterocycles. The molecular weight excluding hydrogens is 424 g/mol. The van der Waals surface area contributed by atoms with Gasteiger partial charge in [0, 0.05) is 19.4 Å². The van der Waals surface area contributed by atoms with Crippen LogP contribution >= 0.6 is 45.2 Å². The lowest BCUT2D eigenvalue weighted by Crippen LogP contribution is -1.98. The molecule has 1 nitrogen and oxygen atoms in total. The number of rotatable bonds is 3. The normalized spacial score (nSPS) is 10.1. The molecule has 0 radical (unpaired) electrons. The van der Waals surface area contributed by atoms with Crippen molar-refractivity contribution in [1.82, 2.24) is 0 Å². The fourth-order valence-corrected chi connectivity index (χ4v) is 2.09. The van der Waals surface area contributed by atoms with Crippen LogP contribution in [-0.2, 0) is 6.54 Å². The van der Waals surface area contributed by atoms with Crippen LogP contribution in [0.15, 0.2) is 48.5 Å². The maximum Gasteiger partial charge on any atom is 0.0400 e. The Balaban J connectivity index is 1.97. The lowest BCUT2D eigenvalue weighted by Gasteiger charge is -2.06. The van der Waals surface area contributed by atoms with Crippen LogP contribution in [0.5, 0.6) is 0 Å². The summed E-state index contributed by atoms with van der Waals surface area (Å²) >= 11 is 4.63. The molecule has 0 aromatic heterocycles. The van der Waals surface area contributed by atoms with Gasteiger partial charge in [-0.3, -0.25) is 0 Å². The zero-order valence-electron chi connectivity index (χ0n) is 8.58. The lowest BCUT2D eigenvalue weighted by atomic mass is 10.2. The maximum atomic E-state index is 3.40. The number of halogens is 2. The Labute approximate surface area is 123 Å². The van der Waals surface area contributed by atoms with E-state index in [4.69, 9.17) is 0 Å². The van der Waals surface area contributed by atoms with Crippen LogP contribution in [0.1, 0.15) is 5.56 Å². The summed E-state index contributed by atoms with van der Waals surface area (Å²) in [6.07, 6.45) is 0. The van der Waals surface area contributed by atoms with Gasteiger partial charge in [-0.15, -0.1) is 0 Å². The van der Waals surface area contributed by atoms with Crippen molar-refractivity contribution in [3.05, 3.63) is 61.2 Å². The minimum atomic E-state index is 0.873. The summed E-state index contributed by atoms with van der Waals surface area (Å²) in [4.78, 5) is 0. The summed E-state index contributed by atoms with van der Waals surface area (Å²) in [5.41, 5.74) is 2.47. The van der Waals surface area contributed by atoms with E-state index >= 15 is 0 Å². The van der Waals surface area contributed by atoms with Crippen LogP contribution < -0.4 is 5.32 Å². The van der Waals surface area contributed by atoms with Gasteiger partial charge in [-0.25, -0.2) is 0 Å². The largest absolute Gasteiger partial charge is 0.381 e. The van der Waals surface area contributed by atoms with E-state index in [1.807, 2.05) is 0 Å². The first-order valence-corrected chi connectivity index (χ1v) is 7.14. The third-order valence-corrected chi connectivity index (χ3v) is 3.69. The minimum Gasteiger partial charge on any atom is -0.381 e. The van der Waals surface area contributed by atoms with Crippen LogP contribution in [0.2, 0.25) is 0 Å². The van der Waals surface area contributed by atoms with Gasteiger partial charge in [-0.05, 0) is 87.1 Å².